The van der Waals surface area contributed by atoms with E-state index in [1.54, 1.807) is 25.3 Å². The Balaban J connectivity index is 1.63. The summed E-state index contributed by atoms with van der Waals surface area (Å²) >= 11 is 12.3. The zero-order valence-corrected chi connectivity index (χ0v) is 18.0. The molecule has 0 bridgehead atoms. The van der Waals surface area contributed by atoms with Crippen LogP contribution < -0.4 is 14.4 Å². The third-order valence-corrected chi connectivity index (χ3v) is 5.23. The van der Waals surface area contributed by atoms with Crippen molar-refractivity contribution in [1.29, 1.82) is 0 Å². The molecule has 1 aliphatic rings. The Bertz CT molecular complexity index is 894. The lowest BCUT2D eigenvalue weighted by Crippen LogP contribution is -2.48. The molecule has 1 fully saturated rings. The fourth-order valence-corrected chi connectivity index (χ4v) is 3.76. The van der Waals surface area contributed by atoms with Gasteiger partial charge in [-0.05, 0) is 48.9 Å². The lowest BCUT2D eigenvalue weighted by Gasteiger charge is -2.35. The molecule has 29 heavy (non-hydrogen) atoms. The van der Waals surface area contributed by atoms with Gasteiger partial charge in [0.15, 0.2) is 11.5 Å². The van der Waals surface area contributed by atoms with Gasteiger partial charge in [0.05, 0.1) is 18.7 Å². The van der Waals surface area contributed by atoms with Crippen LogP contribution in [-0.4, -0.2) is 50.7 Å². The summed E-state index contributed by atoms with van der Waals surface area (Å²) in [5, 5.41) is 1.16. The Morgan fingerprint density at radius 2 is 1.90 bits per heavy atom. The molecule has 0 aromatic heterocycles. The molecule has 1 saturated heterocycles. The lowest BCUT2D eigenvalue weighted by atomic mass is 10.1. The highest BCUT2D eigenvalue weighted by molar-refractivity contribution is 6.32. The van der Waals surface area contributed by atoms with Crippen LogP contribution in [0.1, 0.15) is 12.5 Å². The van der Waals surface area contributed by atoms with Crippen LogP contribution in [0, 0.1) is 0 Å². The van der Waals surface area contributed by atoms with E-state index in [9.17, 15) is 4.79 Å². The first kappa shape index (κ1) is 21.3. The summed E-state index contributed by atoms with van der Waals surface area (Å²) < 4.78 is 10.9. The molecule has 1 aliphatic heterocycles. The molecule has 2 aromatic carbocycles. The van der Waals surface area contributed by atoms with Crippen molar-refractivity contribution in [3.63, 3.8) is 0 Å². The van der Waals surface area contributed by atoms with Crippen molar-refractivity contribution in [2.45, 2.75) is 6.92 Å². The van der Waals surface area contributed by atoms with Crippen molar-refractivity contribution in [3.8, 4) is 11.5 Å². The number of piperazine rings is 1. The van der Waals surface area contributed by atoms with Crippen LogP contribution in [-0.2, 0) is 4.79 Å². The summed E-state index contributed by atoms with van der Waals surface area (Å²) in [5.41, 5.74) is 1.86. The zero-order valence-electron chi connectivity index (χ0n) is 16.5. The molecular formula is C22H24Cl2N2O3. The molecule has 5 nitrogen and oxygen atoms in total. The maximum Gasteiger partial charge on any atom is 0.246 e. The minimum absolute atomic E-state index is 0.0272. The summed E-state index contributed by atoms with van der Waals surface area (Å²) in [7, 11) is 1.55. The molecule has 0 unspecified atom stereocenters. The smallest absolute Gasteiger partial charge is 0.246 e. The van der Waals surface area contributed by atoms with E-state index < -0.39 is 0 Å². The number of benzene rings is 2. The maximum absolute atomic E-state index is 12.6. The van der Waals surface area contributed by atoms with Crippen LogP contribution in [0.5, 0.6) is 11.5 Å². The largest absolute Gasteiger partial charge is 0.491 e. The normalized spacial score (nSPS) is 14.3. The Kier molecular flexibility index (Phi) is 7.29. The van der Waals surface area contributed by atoms with Crippen molar-refractivity contribution < 1.29 is 14.3 Å². The second kappa shape index (κ2) is 9.90. The number of methoxy groups -OCH3 is 1. The van der Waals surface area contributed by atoms with Crippen molar-refractivity contribution >= 4 is 40.9 Å². The first-order valence-corrected chi connectivity index (χ1v) is 10.2. The molecule has 0 saturated carbocycles. The van der Waals surface area contributed by atoms with E-state index in [0.717, 1.165) is 24.3 Å². The maximum atomic E-state index is 12.6. The van der Waals surface area contributed by atoms with Gasteiger partial charge in [0.1, 0.15) is 0 Å². The van der Waals surface area contributed by atoms with Gasteiger partial charge < -0.3 is 19.3 Å². The fourth-order valence-electron chi connectivity index (χ4n) is 3.28. The molecule has 3 rings (SSSR count). The van der Waals surface area contributed by atoms with Gasteiger partial charge in [-0.25, -0.2) is 0 Å². The minimum atomic E-state index is -0.0272. The van der Waals surface area contributed by atoms with Crippen molar-refractivity contribution in [2.24, 2.45) is 0 Å². The standard InChI is InChI=1S/C22H24Cl2N2O3/c1-3-29-20-14-16(13-19(24)22(20)28-2)7-8-21(27)26-11-9-25(10-12-26)18-6-4-5-17(23)15-18/h4-8,13-15H,3,9-12H2,1-2H3/b8-7+. The van der Waals surface area contributed by atoms with Crippen molar-refractivity contribution in [3.05, 3.63) is 58.1 Å². The fraction of sp³-hybridized carbons (Fsp3) is 0.318. The number of amides is 1. The number of halogens is 2. The molecule has 0 N–H and O–H groups in total. The highest BCUT2D eigenvalue weighted by Crippen LogP contribution is 2.36. The van der Waals surface area contributed by atoms with E-state index >= 15 is 0 Å². The van der Waals surface area contributed by atoms with E-state index in [-0.39, 0.29) is 5.91 Å². The van der Waals surface area contributed by atoms with Crippen LogP contribution in [0.4, 0.5) is 5.69 Å². The quantitative estimate of drug-likeness (QED) is 0.614. The van der Waals surface area contributed by atoms with Gasteiger partial charge in [-0.15, -0.1) is 0 Å². The summed E-state index contributed by atoms with van der Waals surface area (Å²) in [6, 6.07) is 11.3. The predicted octanol–water partition coefficient (Wildman–Crippen LogP) is 4.76. The van der Waals surface area contributed by atoms with Crippen LogP contribution in [0.2, 0.25) is 10.0 Å². The molecular weight excluding hydrogens is 411 g/mol. The molecule has 0 aliphatic carbocycles. The van der Waals surface area contributed by atoms with Gasteiger partial charge in [-0.1, -0.05) is 29.3 Å². The van der Waals surface area contributed by atoms with Crippen LogP contribution in [0.15, 0.2) is 42.5 Å². The number of nitrogens with zero attached hydrogens (tertiary/aromatic N) is 2. The topological polar surface area (TPSA) is 42.0 Å². The molecule has 154 valence electrons. The number of carbonyl (C=O) groups is 1. The Labute approximate surface area is 181 Å². The molecule has 0 spiro atoms. The van der Waals surface area contributed by atoms with Gasteiger partial charge in [0.2, 0.25) is 5.91 Å². The summed E-state index contributed by atoms with van der Waals surface area (Å²) in [4.78, 5) is 16.7. The highest BCUT2D eigenvalue weighted by Gasteiger charge is 2.20. The number of ether oxygens (including phenoxy) is 2. The Morgan fingerprint density at radius 3 is 2.55 bits per heavy atom. The monoisotopic (exact) mass is 434 g/mol. The van der Waals surface area contributed by atoms with Crippen LogP contribution >= 0.6 is 23.2 Å². The van der Waals surface area contributed by atoms with E-state index in [0.29, 0.717) is 41.2 Å². The lowest BCUT2D eigenvalue weighted by molar-refractivity contribution is -0.126. The summed E-state index contributed by atoms with van der Waals surface area (Å²) in [6.45, 7) is 5.23. The number of carbonyl (C=O) groups excluding carboxylic acids is 1. The van der Waals surface area contributed by atoms with Gasteiger partial charge in [-0.2, -0.15) is 0 Å². The molecule has 1 heterocycles. The third-order valence-electron chi connectivity index (χ3n) is 4.72. The van der Waals surface area contributed by atoms with E-state index in [4.69, 9.17) is 32.7 Å². The number of anilines is 1. The van der Waals surface area contributed by atoms with E-state index in [2.05, 4.69) is 4.90 Å². The molecule has 2 aromatic rings. The molecule has 1 amide bonds. The predicted molar refractivity (Wildman–Crippen MR) is 118 cm³/mol. The first-order chi connectivity index (χ1) is 14.0. The van der Waals surface area contributed by atoms with Crippen molar-refractivity contribution in [1.82, 2.24) is 4.90 Å². The van der Waals surface area contributed by atoms with E-state index in [1.807, 2.05) is 42.2 Å². The van der Waals surface area contributed by atoms with Gasteiger partial charge >= 0.3 is 0 Å². The van der Waals surface area contributed by atoms with Crippen LogP contribution in [0.25, 0.3) is 6.08 Å². The van der Waals surface area contributed by atoms with E-state index in [1.165, 1.54) is 0 Å². The molecule has 7 heteroatoms. The van der Waals surface area contributed by atoms with Gasteiger partial charge in [-0.3, -0.25) is 4.79 Å². The minimum Gasteiger partial charge on any atom is -0.491 e. The van der Waals surface area contributed by atoms with Gasteiger partial charge in [0, 0.05) is 43.0 Å². The van der Waals surface area contributed by atoms with Gasteiger partial charge in [0.25, 0.3) is 0 Å². The number of hydrogen-bond acceptors (Lipinski definition) is 4. The van der Waals surface area contributed by atoms with Crippen molar-refractivity contribution in [2.75, 3.05) is 44.8 Å². The Morgan fingerprint density at radius 1 is 1.14 bits per heavy atom. The zero-order chi connectivity index (χ0) is 20.8. The third kappa shape index (κ3) is 5.37. The molecule has 0 atom stereocenters. The average molecular weight is 435 g/mol. The second-order valence-corrected chi connectivity index (χ2v) is 7.44. The summed E-state index contributed by atoms with van der Waals surface area (Å²) in [5.74, 6) is 1.03. The van der Waals surface area contributed by atoms with Crippen LogP contribution in [0.3, 0.4) is 0 Å². The summed E-state index contributed by atoms with van der Waals surface area (Å²) in [6.07, 6.45) is 3.32. The highest BCUT2D eigenvalue weighted by atomic mass is 35.5. The average Bonchev–Trinajstić information content (AvgIpc) is 2.72. The second-order valence-electron chi connectivity index (χ2n) is 6.59. The first-order valence-electron chi connectivity index (χ1n) is 9.49. The number of rotatable bonds is 6. The SMILES string of the molecule is CCOc1cc(/C=C/C(=O)N2CCN(c3cccc(Cl)c3)CC2)cc(Cl)c1OC. The molecule has 0 radical (unpaired) electrons. The Hall–Kier alpha value is -2.37. The number of hydrogen-bond donors (Lipinski definition) is 0.